The van der Waals surface area contributed by atoms with Gasteiger partial charge in [0.25, 0.3) is 5.89 Å². The van der Waals surface area contributed by atoms with Crippen LogP contribution >= 0.6 is 0 Å². The number of rotatable bonds is 3. The Kier molecular flexibility index (Phi) is 3.99. The number of aromatic nitrogens is 2. The Morgan fingerprint density at radius 3 is 2.69 bits per heavy atom. The highest BCUT2D eigenvalue weighted by molar-refractivity contribution is 5.96. The van der Waals surface area contributed by atoms with Crippen molar-refractivity contribution in [2.75, 3.05) is 11.4 Å². The summed E-state index contributed by atoms with van der Waals surface area (Å²) in [6.45, 7) is 2.12. The summed E-state index contributed by atoms with van der Waals surface area (Å²) in [5.41, 5.74) is 1.73. The van der Waals surface area contributed by atoms with E-state index in [4.69, 9.17) is 4.52 Å². The van der Waals surface area contributed by atoms with Crippen LogP contribution in [-0.4, -0.2) is 22.6 Å². The van der Waals surface area contributed by atoms with Crippen LogP contribution in [0, 0.1) is 18.6 Å². The molecule has 1 atom stereocenters. The molecule has 0 bridgehead atoms. The molecule has 5 nitrogen and oxygen atoms in total. The lowest BCUT2D eigenvalue weighted by Crippen LogP contribution is -2.25. The van der Waals surface area contributed by atoms with E-state index in [0.29, 0.717) is 11.4 Å². The van der Waals surface area contributed by atoms with Crippen molar-refractivity contribution in [3.8, 4) is 11.5 Å². The molecule has 1 amide bonds. The van der Waals surface area contributed by atoms with Crippen molar-refractivity contribution in [3.63, 3.8) is 0 Å². The summed E-state index contributed by atoms with van der Waals surface area (Å²) in [4.78, 5) is 18.1. The molecule has 1 unspecified atom stereocenters. The van der Waals surface area contributed by atoms with E-state index in [2.05, 4.69) is 10.1 Å². The summed E-state index contributed by atoms with van der Waals surface area (Å²) in [5, 5.41) is 3.95. The average molecular weight is 355 g/mol. The van der Waals surface area contributed by atoms with Crippen molar-refractivity contribution in [1.82, 2.24) is 10.1 Å². The number of anilines is 1. The van der Waals surface area contributed by atoms with E-state index in [9.17, 15) is 13.6 Å². The first-order valence-corrected chi connectivity index (χ1v) is 8.17. The van der Waals surface area contributed by atoms with Gasteiger partial charge in [0.05, 0.1) is 5.69 Å². The minimum Gasteiger partial charge on any atom is -0.334 e. The van der Waals surface area contributed by atoms with Crippen molar-refractivity contribution < 1.29 is 18.1 Å². The molecule has 2 aromatic carbocycles. The molecular formula is C19H15F2N3O2. The van der Waals surface area contributed by atoms with Crippen LogP contribution in [0.4, 0.5) is 14.5 Å². The lowest BCUT2D eigenvalue weighted by molar-refractivity contribution is -0.117. The standard InChI is InChI=1S/C19H15F2N3O2/c1-11-2-7-15(21)16(8-11)24-10-13(9-17(24)25)18-22-19(26-23-18)12-3-5-14(20)6-4-12/h2-8,13H,9-10H2,1H3. The summed E-state index contributed by atoms with van der Waals surface area (Å²) >= 11 is 0. The number of amides is 1. The van der Waals surface area contributed by atoms with Gasteiger partial charge in [-0.25, -0.2) is 8.78 Å². The smallest absolute Gasteiger partial charge is 0.257 e. The third-order valence-electron chi connectivity index (χ3n) is 4.42. The minimum atomic E-state index is -0.440. The SMILES string of the molecule is Cc1ccc(F)c(N2CC(c3noc(-c4ccc(F)cc4)n3)CC2=O)c1. The van der Waals surface area contributed by atoms with Gasteiger partial charge in [0, 0.05) is 24.4 Å². The average Bonchev–Trinajstić information content (AvgIpc) is 3.25. The van der Waals surface area contributed by atoms with Crippen molar-refractivity contribution in [3.05, 3.63) is 65.5 Å². The highest BCUT2D eigenvalue weighted by Crippen LogP contribution is 2.33. The maximum absolute atomic E-state index is 14.1. The number of carbonyl (C=O) groups excluding carboxylic acids is 1. The van der Waals surface area contributed by atoms with E-state index in [1.807, 2.05) is 6.92 Å². The third kappa shape index (κ3) is 2.96. The molecule has 0 N–H and O–H groups in total. The Bertz CT molecular complexity index is 969. The van der Waals surface area contributed by atoms with Gasteiger partial charge in [-0.3, -0.25) is 4.79 Å². The van der Waals surface area contributed by atoms with Crippen molar-refractivity contribution in [1.29, 1.82) is 0 Å². The predicted molar refractivity (Wildman–Crippen MR) is 90.5 cm³/mol. The molecule has 1 fully saturated rings. The van der Waals surface area contributed by atoms with E-state index < -0.39 is 5.82 Å². The van der Waals surface area contributed by atoms with E-state index in [1.54, 1.807) is 24.3 Å². The quantitative estimate of drug-likeness (QED) is 0.716. The molecule has 1 aromatic heterocycles. The summed E-state index contributed by atoms with van der Waals surface area (Å²) in [5.74, 6) is -0.635. The zero-order chi connectivity index (χ0) is 18.3. The van der Waals surface area contributed by atoms with Crippen LogP contribution in [0.1, 0.15) is 23.7 Å². The molecule has 132 valence electrons. The summed E-state index contributed by atoms with van der Waals surface area (Å²) in [6, 6.07) is 10.4. The van der Waals surface area contributed by atoms with E-state index >= 15 is 0 Å². The minimum absolute atomic E-state index is 0.176. The van der Waals surface area contributed by atoms with Gasteiger partial charge in [-0.2, -0.15) is 4.98 Å². The van der Waals surface area contributed by atoms with Crippen LogP contribution in [0.15, 0.2) is 47.0 Å². The molecule has 26 heavy (non-hydrogen) atoms. The molecule has 7 heteroatoms. The molecule has 2 heterocycles. The van der Waals surface area contributed by atoms with Gasteiger partial charge in [0.2, 0.25) is 5.91 Å². The monoisotopic (exact) mass is 355 g/mol. The van der Waals surface area contributed by atoms with Gasteiger partial charge in [0.1, 0.15) is 11.6 Å². The Labute approximate surface area is 148 Å². The lowest BCUT2D eigenvalue weighted by Gasteiger charge is -2.17. The second kappa shape index (κ2) is 6.33. The maximum Gasteiger partial charge on any atom is 0.257 e. The molecular weight excluding hydrogens is 340 g/mol. The molecule has 3 aromatic rings. The largest absolute Gasteiger partial charge is 0.334 e. The second-order valence-electron chi connectivity index (χ2n) is 6.32. The number of carbonyl (C=O) groups is 1. The fourth-order valence-corrected chi connectivity index (χ4v) is 3.05. The third-order valence-corrected chi connectivity index (χ3v) is 4.42. The predicted octanol–water partition coefficient (Wildman–Crippen LogP) is 3.84. The Morgan fingerprint density at radius 1 is 1.15 bits per heavy atom. The number of benzene rings is 2. The summed E-state index contributed by atoms with van der Waals surface area (Å²) < 4.78 is 32.4. The summed E-state index contributed by atoms with van der Waals surface area (Å²) in [6.07, 6.45) is 0.176. The maximum atomic E-state index is 14.1. The van der Waals surface area contributed by atoms with E-state index in [0.717, 1.165) is 5.56 Å². The molecule has 0 radical (unpaired) electrons. The Balaban J connectivity index is 1.58. The number of nitrogens with zero attached hydrogens (tertiary/aromatic N) is 3. The van der Waals surface area contributed by atoms with Crippen LogP contribution in [0.25, 0.3) is 11.5 Å². The zero-order valence-corrected chi connectivity index (χ0v) is 13.9. The second-order valence-corrected chi connectivity index (χ2v) is 6.32. The Morgan fingerprint density at radius 2 is 1.92 bits per heavy atom. The fourth-order valence-electron chi connectivity index (χ4n) is 3.05. The number of hydrogen-bond acceptors (Lipinski definition) is 4. The number of hydrogen-bond donors (Lipinski definition) is 0. The highest BCUT2D eigenvalue weighted by Gasteiger charge is 2.35. The lowest BCUT2D eigenvalue weighted by atomic mass is 10.1. The molecule has 1 saturated heterocycles. The molecule has 0 spiro atoms. The van der Waals surface area contributed by atoms with Crippen molar-refractivity contribution in [2.24, 2.45) is 0 Å². The zero-order valence-electron chi connectivity index (χ0n) is 13.9. The Hall–Kier alpha value is -3.09. The van der Waals surface area contributed by atoms with E-state index in [-0.39, 0.29) is 42.2 Å². The number of halogens is 2. The van der Waals surface area contributed by atoms with Gasteiger partial charge in [-0.15, -0.1) is 0 Å². The number of aryl methyl sites for hydroxylation is 1. The fraction of sp³-hybridized carbons (Fsp3) is 0.211. The first-order chi connectivity index (χ1) is 12.5. The molecule has 1 aliphatic heterocycles. The first kappa shape index (κ1) is 16.4. The van der Waals surface area contributed by atoms with Crippen LogP contribution in [0.2, 0.25) is 0 Å². The topological polar surface area (TPSA) is 59.2 Å². The van der Waals surface area contributed by atoms with Crippen LogP contribution < -0.4 is 4.90 Å². The van der Waals surface area contributed by atoms with Crippen LogP contribution in [0.5, 0.6) is 0 Å². The van der Waals surface area contributed by atoms with Crippen LogP contribution in [-0.2, 0) is 4.79 Å². The first-order valence-electron chi connectivity index (χ1n) is 8.17. The van der Waals surface area contributed by atoms with Gasteiger partial charge in [-0.1, -0.05) is 11.2 Å². The molecule has 4 rings (SSSR count). The molecule has 0 aliphatic carbocycles. The highest BCUT2D eigenvalue weighted by atomic mass is 19.1. The van der Waals surface area contributed by atoms with Gasteiger partial charge < -0.3 is 9.42 Å². The van der Waals surface area contributed by atoms with Crippen molar-refractivity contribution in [2.45, 2.75) is 19.3 Å². The van der Waals surface area contributed by atoms with E-state index in [1.165, 1.54) is 23.1 Å². The van der Waals surface area contributed by atoms with Gasteiger partial charge in [-0.05, 0) is 48.9 Å². The normalized spacial score (nSPS) is 17.1. The van der Waals surface area contributed by atoms with Crippen molar-refractivity contribution >= 4 is 11.6 Å². The molecule has 0 saturated carbocycles. The van der Waals surface area contributed by atoms with Gasteiger partial charge >= 0.3 is 0 Å². The summed E-state index contributed by atoms with van der Waals surface area (Å²) in [7, 11) is 0. The van der Waals surface area contributed by atoms with Crippen LogP contribution in [0.3, 0.4) is 0 Å². The molecule has 1 aliphatic rings. The van der Waals surface area contributed by atoms with Gasteiger partial charge in [0.15, 0.2) is 5.82 Å².